The molecule has 122 valence electrons. The number of aromatic nitrogens is 3. The van der Waals surface area contributed by atoms with Crippen LogP contribution in [-0.2, 0) is 6.18 Å². The molecule has 1 heterocycles. The number of hydrogen-bond acceptors (Lipinski definition) is 4. The highest BCUT2D eigenvalue weighted by Gasteiger charge is 2.30. The van der Waals surface area contributed by atoms with Crippen LogP contribution in [0.5, 0.6) is 0 Å². The molecule has 0 atom stereocenters. The largest absolute Gasteiger partial charge is 0.416 e. The number of alkyl halides is 3. The van der Waals surface area contributed by atoms with Crippen molar-refractivity contribution >= 4 is 11.6 Å². The first-order valence-corrected chi connectivity index (χ1v) is 6.81. The maximum absolute atomic E-state index is 13.3. The van der Waals surface area contributed by atoms with Crippen LogP contribution in [0.3, 0.4) is 0 Å². The molecule has 1 N–H and O–H groups in total. The summed E-state index contributed by atoms with van der Waals surface area (Å²) in [5.41, 5.74) is -0.169. The summed E-state index contributed by atoms with van der Waals surface area (Å²) in [4.78, 5) is 11.9. The lowest BCUT2D eigenvalue weighted by atomic mass is 10.2. The molecular weight excluding hydrogens is 324 g/mol. The molecule has 0 saturated heterocycles. The van der Waals surface area contributed by atoms with E-state index in [9.17, 15) is 17.6 Å². The van der Waals surface area contributed by atoms with E-state index in [1.165, 1.54) is 36.7 Å². The summed E-state index contributed by atoms with van der Waals surface area (Å²) in [6, 6.07) is 10.3. The van der Waals surface area contributed by atoms with Crippen molar-refractivity contribution in [2.24, 2.45) is 0 Å². The van der Waals surface area contributed by atoms with Crippen molar-refractivity contribution in [2.45, 2.75) is 6.18 Å². The molecule has 3 aromatic rings. The van der Waals surface area contributed by atoms with Crippen molar-refractivity contribution in [3.63, 3.8) is 0 Å². The van der Waals surface area contributed by atoms with Crippen molar-refractivity contribution in [3.05, 3.63) is 66.2 Å². The molecule has 0 aliphatic carbocycles. The minimum atomic E-state index is -4.44. The number of halogens is 4. The summed E-state index contributed by atoms with van der Waals surface area (Å²) in [5.74, 6) is -0.178. The fourth-order valence-corrected chi connectivity index (χ4v) is 2.03. The molecule has 2 aromatic carbocycles. The Kier molecular flexibility index (Phi) is 4.11. The smallest absolute Gasteiger partial charge is 0.324 e. The van der Waals surface area contributed by atoms with E-state index < -0.39 is 17.6 Å². The second-order valence-electron chi connectivity index (χ2n) is 4.85. The van der Waals surface area contributed by atoms with Crippen molar-refractivity contribution in [3.8, 4) is 11.4 Å². The van der Waals surface area contributed by atoms with Gasteiger partial charge in [-0.2, -0.15) is 18.2 Å². The van der Waals surface area contributed by atoms with E-state index in [0.717, 1.165) is 12.1 Å². The van der Waals surface area contributed by atoms with E-state index in [2.05, 4.69) is 20.3 Å². The molecule has 0 saturated carbocycles. The molecule has 4 nitrogen and oxygen atoms in total. The maximum Gasteiger partial charge on any atom is 0.416 e. The lowest BCUT2D eigenvalue weighted by Gasteiger charge is -2.10. The van der Waals surface area contributed by atoms with Crippen molar-refractivity contribution < 1.29 is 17.6 Å². The average molecular weight is 334 g/mol. The predicted octanol–water partition coefficient (Wildman–Crippen LogP) is 4.44. The fourth-order valence-electron chi connectivity index (χ4n) is 2.03. The number of nitrogens with one attached hydrogen (secondary N) is 1. The van der Waals surface area contributed by atoms with E-state index >= 15 is 0 Å². The van der Waals surface area contributed by atoms with Gasteiger partial charge in [-0.05, 0) is 30.3 Å². The number of anilines is 2. The first-order valence-electron chi connectivity index (χ1n) is 6.81. The molecule has 1 aromatic heterocycles. The SMILES string of the molecule is Fc1cccc(-c2ncnc(Nc3cccc(C(F)(F)F)c3)n2)c1. The molecule has 0 unspecified atom stereocenters. The van der Waals surface area contributed by atoms with Crippen LogP contribution in [0.2, 0.25) is 0 Å². The number of nitrogens with zero attached hydrogens (tertiary/aromatic N) is 3. The zero-order valence-corrected chi connectivity index (χ0v) is 12.0. The highest BCUT2D eigenvalue weighted by Crippen LogP contribution is 2.31. The summed E-state index contributed by atoms with van der Waals surface area (Å²) < 4.78 is 51.4. The molecule has 0 aliphatic heterocycles. The highest BCUT2D eigenvalue weighted by atomic mass is 19.4. The van der Waals surface area contributed by atoms with Crippen LogP contribution in [-0.4, -0.2) is 15.0 Å². The van der Waals surface area contributed by atoms with E-state index in [-0.39, 0.29) is 17.5 Å². The van der Waals surface area contributed by atoms with Gasteiger partial charge < -0.3 is 5.32 Å². The van der Waals surface area contributed by atoms with Gasteiger partial charge in [-0.15, -0.1) is 0 Å². The van der Waals surface area contributed by atoms with Crippen LogP contribution < -0.4 is 5.32 Å². The zero-order valence-electron chi connectivity index (χ0n) is 12.0. The maximum atomic E-state index is 13.3. The van der Waals surface area contributed by atoms with Gasteiger partial charge in [0.1, 0.15) is 12.1 Å². The fraction of sp³-hybridized carbons (Fsp3) is 0.0625. The molecule has 0 radical (unpaired) electrons. The minimum Gasteiger partial charge on any atom is -0.324 e. The van der Waals surface area contributed by atoms with Gasteiger partial charge in [-0.25, -0.2) is 14.4 Å². The number of hydrogen-bond donors (Lipinski definition) is 1. The minimum absolute atomic E-state index is 0.0589. The third-order valence-electron chi connectivity index (χ3n) is 3.10. The molecule has 0 fully saturated rings. The normalized spacial score (nSPS) is 11.3. The van der Waals surface area contributed by atoms with Crippen LogP contribution in [0.4, 0.5) is 29.2 Å². The molecule has 0 amide bonds. The Balaban J connectivity index is 1.88. The van der Waals surface area contributed by atoms with Crippen LogP contribution in [0.1, 0.15) is 5.56 Å². The van der Waals surface area contributed by atoms with Gasteiger partial charge in [0.05, 0.1) is 5.56 Å². The summed E-state index contributed by atoms with van der Waals surface area (Å²) in [7, 11) is 0. The monoisotopic (exact) mass is 334 g/mol. The molecule has 3 rings (SSSR count). The Morgan fingerprint density at radius 3 is 2.46 bits per heavy atom. The molecule has 0 spiro atoms. The van der Waals surface area contributed by atoms with Crippen LogP contribution in [0.25, 0.3) is 11.4 Å². The van der Waals surface area contributed by atoms with Gasteiger partial charge in [-0.3, -0.25) is 0 Å². The van der Waals surface area contributed by atoms with Crippen molar-refractivity contribution in [2.75, 3.05) is 5.32 Å². The predicted molar refractivity (Wildman–Crippen MR) is 79.9 cm³/mol. The van der Waals surface area contributed by atoms with Gasteiger partial charge in [0.25, 0.3) is 0 Å². The first kappa shape index (κ1) is 15.9. The Hall–Kier alpha value is -3.03. The lowest BCUT2D eigenvalue weighted by molar-refractivity contribution is -0.137. The van der Waals surface area contributed by atoms with Crippen LogP contribution in [0, 0.1) is 5.82 Å². The molecule has 24 heavy (non-hydrogen) atoms. The summed E-state index contributed by atoms with van der Waals surface area (Å²) in [6.45, 7) is 0. The van der Waals surface area contributed by atoms with Crippen LogP contribution >= 0.6 is 0 Å². The lowest BCUT2D eigenvalue weighted by Crippen LogP contribution is -2.06. The van der Waals surface area contributed by atoms with Gasteiger partial charge >= 0.3 is 6.18 Å². The van der Waals surface area contributed by atoms with Crippen LogP contribution in [0.15, 0.2) is 54.9 Å². The number of rotatable bonds is 3. The van der Waals surface area contributed by atoms with Gasteiger partial charge in [0.2, 0.25) is 5.95 Å². The Bertz CT molecular complexity index is 864. The Labute approximate surface area is 134 Å². The van der Waals surface area contributed by atoms with Gasteiger partial charge in [0, 0.05) is 11.3 Å². The summed E-state index contributed by atoms with van der Waals surface area (Å²) in [5, 5.41) is 2.69. The van der Waals surface area contributed by atoms with E-state index in [4.69, 9.17) is 0 Å². The third-order valence-corrected chi connectivity index (χ3v) is 3.10. The van der Waals surface area contributed by atoms with Gasteiger partial charge in [0.15, 0.2) is 5.82 Å². The second kappa shape index (κ2) is 6.23. The molecule has 8 heteroatoms. The second-order valence-corrected chi connectivity index (χ2v) is 4.85. The topological polar surface area (TPSA) is 50.7 Å². The summed E-state index contributed by atoms with van der Waals surface area (Å²) >= 11 is 0. The summed E-state index contributed by atoms with van der Waals surface area (Å²) in [6.07, 6.45) is -3.24. The van der Waals surface area contributed by atoms with E-state index in [0.29, 0.717) is 5.56 Å². The van der Waals surface area contributed by atoms with Crippen molar-refractivity contribution in [1.82, 2.24) is 15.0 Å². The average Bonchev–Trinajstić information content (AvgIpc) is 2.55. The first-order chi connectivity index (χ1) is 11.4. The Morgan fingerprint density at radius 1 is 0.917 bits per heavy atom. The molecule has 0 aliphatic rings. The van der Waals surface area contributed by atoms with Gasteiger partial charge in [-0.1, -0.05) is 18.2 Å². The van der Waals surface area contributed by atoms with Crippen molar-refractivity contribution in [1.29, 1.82) is 0 Å². The van der Waals surface area contributed by atoms with E-state index in [1.807, 2.05) is 0 Å². The standard InChI is InChI=1S/C16H10F4N4/c17-12-5-1-3-10(7-12)14-21-9-22-15(24-14)23-13-6-2-4-11(8-13)16(18,19)20/h1-9H,(H,21,22,23,24). The van der Waals surface area contributed by atoms with E-state index in [1.54, 1.807) is 6.07 Å². The quantitative estimate of drug-likeness (QED) is 0.720. The third kappa shape index (κ3) is 3.65. The Morgan fingerprint density at radius 2 is 1.71 bits per heavy atom. The zero-order chi connectivity index (χ0) is 17.2. The number of benzene rings is 2. The molecular formula is C16H10F4N4. The highest BCUT2D eigenvalue weighted by molar-refractivity contribution is 5.59. The molecule has 0 bridgehead atoms.